The predicted molar refractivity (Wildman–Crippen MR) is 503 cm³/mol. The number of nitrogens with zero attached hydrogens (tertiary/aromatic N) is 10. The minimum Gasteiger partial charge on any atom is 0 e. The molecule has 40 heteroatoms. The zero-order chi connectivity index (χ0) is 91.2. The van der Waals surface area contributed by atoms with Crippen LogP contribution in [0.3, 0.4) is 0 Å². The number of allylic oxidation sites excluding steroid dienone is 1. The predicted octanol–water partition coefficient (Wildman–Crippen LogP) is 20.8. The molecule has 5 N–H and O–H groups in total. The van der Waals surface area contributed by atoms with Gasteiger partial charge in [0.15, 0.2) is 29.3 Å². The van der Waals surface area contributed by atoms with Gasteiger partial charge < -0.3 is 72.1 Å². The van der Waals surface area contributed by atoms with Crippen molar-refractivity contribution in [3.63, 3.8) is 0 Å². The summed E-state index contributed by atoms with van der Waals surface area (Å²) in [6.45, 7) is 26.6. The first kappa shape index (κ1) is 119. The number of nitrogens with one attached hydrogen (secondary N) is 2. The summed E-state index contributed by atoms with van der Waals surface area (Å²) in [5, 5.41) is 17.7. The van der Waals surface area contributed by atoms with Gasteiger partial charge in [0.1, 0.15) is 108 Å². The van der Waals surface area contributed by atoms with Crippen LogP contribution >= 0.6 is 121 Å². The smallest absolute Gasteiger partial charge is 0 e. The molecule has 15 rings (SSSR count). The van der Waals surface area contributed by atoms with Crippen LogP contribution in [0.5, 0.6) is 0 Å². The first-order chi connectivity index (χ1) is 59.5. The summed E-state index contributed by atoms with van der Waals surface area (Å²) in [7, 11) is 0. The average molecular weight is 2330 g/mol. The number of carbonyl (C=O) groups is 5. The van der Waals surface area contributed by atoms with Gasteiger partial charge in [-0.1, -0.05) is 116 Å². The van der Waals surface area contributed by atoms with Crippen LogP contribution in [0.2, 0.25) is 15.5 Å². The van der Waals surface area contributed by atoms with Gasteiger partial charge in [-0.15, -0.1) is 0 Å². The molecule has 3 aliphatic carbocycles. The second kappa shape index (κ2) is 65.9. The van der Waals surface area contributed by atoms with E-state index in [0.717, 1.165) is 109 Å². The van der Waals surface area contributed by atoms with Crippen molar-refractivity contribution in [1.82, 2.24) is 49.8 Å². The SMILES string of the molecule is C.CC1=CCCO1.CCOC(C)=O.CC[C@H]1C[C@@H](N)C[C@@H]1C.CC[C@H]1C[C@@H](Nc2ncncc2C(=O)c2cc(Br)co2)C[C@@H]1C.CC[C@H]1C[C@@H](Nc2ncncc2C(=O)c2cc(C3=CCCO3)co2)C[C@@H]1C.Clc1ncncc1I.O=C(c1cc(Br)co1)c1cncnc1Cl.O=Cc1cc(Br)co1.OC(c1cc(Br)co1)c1cncnc1Cl.[CH2-]CCC.[CH3-].[HH].[Li+].[O]=[Mn]=[O].[Pd]. The number of hydrogen-bond donors (Lipinski definition) is 4. The molecule has 12 heterocycles. The van der Waals surface area contributed by atoms with Gasteiger partial charge in [0.25, 0.3) is 0 Å². The Balaban J connectivity index is 0.00000147. The van der Waals surface area contributed by atoms with Crippen LogP contribution < -0.4 is 35.2 Å². The van der Waals surface area contributed by atoms with E-state index in [1.165, 1.54) is 115 Å². The molecule has 0 bridgehead atoms. The summed E-state index contributed by atoms with van der Waals surface area (Å²) in [5.74, 6) is 8.13. The van der Waals surface area contributed by atoms with Gasteiger partial charge in [-0.05, 0) is 198 Å². The standard InChI is InChI=1S/C21H25N3O3.C17H20BrN3O2.C9H6BrClN2O2.C9H4BrClN2O2.C8H17N.C5H3BrO2.C5H8O.C4H2ClIN2.C4H8O2.C4H9.CH4.CH3.Li.Mn.2O.Pd.H2/c1-3-14-8-16(7-13(14)2)24-21-17(10-22-12-23-21)20(25)19-9-15(11-27-19)18-5-4-6-26-18;1-3-11-5-13(4-10(11)2)21-17-14(7-19-9-20-17)16(22)15-6-12(18)8-23-15;2*10-5-1-7(15-3-5)8(14)6-2-12-4-13-9(6)11;1-3-7-5-8(9)4-6(7)2;6-4-1-5(2-7)8-3-4;1-5-3-2-4-6-5;5-4-3(6)1-7-2-8-4;1-3-6-4(2)5;1-3-4-2;;;;;;;;/h5,9-14,16H,3-4,6-8H2,1-2H3,(H,22,23,24);6-11,13H,3-5H2,1-2H3,(H,19,20,21);1-4,8,14H;1-4H;6-8H,3-5,9H2,1-2H3;1-3H;3H,2,4H2,1H3;1-2H;3H2,1-2H3;1,3-4H2,2H3;1H4;1H3;;;;;;1H/q;;;;;;;;;-1;;-1;+1;;;;;/t13-,14-,16-;10-,11-,13-;;;6-,7-,8-;;;;;;;;;;;;;/m00..0............./s1. The topological polar surface area (TPSA) is 412 Å². The monoisotopic (exact) mass is 2320 g/mol. The first-order valence-electron chi connectivity index (χ1n) is 39.6. The zero-order valence-corrected chi connectivity index (χ0v) is 85.9. The quantitative estimate of drug-likeness (QED) is 0.0111. The Bertz CT molecular complexity index is 5020. The number of anilines is 2. The summed E-state index contributed by atoms with van der Waals surface area (Å²) < 4.78 is 61.3. The third-order valence-electron chi connectivity index (χ3n) is 19.4. The Morgan fingerprint density at radius 2 is 1.03 bits per heavy atom. The normalized spacial score (nSPS) is 18.0. The van der Waals surface area contributed by atoms with Crippen LogP contribution in [0.25, 0.3) is 5.76 Å². The molecule has 128 heavy (non-hydrogen) atoms. The van der Waals surface area contributed by atoms with E-state index in [1.54, 1.807) is 62.1 Å². The zero-order valence-electron chi connectivity index (χ0n) is 72.4. The van der Waals surface area contributed by atoms with E-state index in [9.17, 15) is 29.1 Å². The fourth-order valence-electron chi connectivity index (χ4n) is 13.1. The molecule has 0 radical (unpaired) electrons. The van der Waals surface area contributed by atoms with Gasteiger partial charge in [-0.2, -0.15) is 6.42 Å². The van der Waals surface area contributed by atoms with Crippen molar-refractivity contribution in [2.75, 3.05) is 30.5 Å². The number of halogens is 8. The molecule has 3 fully saturated rings. The Labute approximate surface area is 844 Å². The van der Waals surface area contributed by atoms with Gasteiger partial charge in [-0.3, -0.25) is 24.0 Å². The van der Waals surface area contributed by atoms with Gasteiger partial charge in [0.2, 0.25) is 17.3 Å². The Morgan fingerprint density at radius 1 is 0.609 bits per heavy atom. The number of nitrogens with two attached hydrogens (primary N) is 1. The largest absolute Gasteiger partial charge is 0 e. The van der Waals surface area contributed by atoms with Crippen LogP contribution in [0.15, 0.2) is 182 Å². The summed E-state index contributed by atoms with van der Waals surface area (Å²) >= 11 is 30.6. The molecule has 0 saturated heterocycles. The number of ketones is 3. The van der Waals surface area contributed by atoms with Gasteiger partial charge >= 0.3 is 47.3 Å². The van der Waals surface area contributed by atoms with Crippen molar-refractivity contribution in [2.24, 2.45) is 41.2 Å². The Hall–Kier alpha value is -6.55. The molecular weight excluding hydrogens is 2220 g/mol. The summed E-state index contributed by atoms with van der Waals surface area (Å²) in [6.07, 6.45) is 40.6. The number of ether oxygens (including phenoxy) is 3. The number of aliphatic hydroxyl groups excluding tert-OH is 1. The van der Waals surface area contributed by atoms with Gasteiger partial charge in [0, 0.05) is 114 Å². The van der Waals surface area contributed by atoms with Crippen LogP contribution in [-0.2, 0) is 61.9 Å². The number of aliphatic hydroxyl groups is 1. The number of aldehydes is 1. The molecule has 1 unspecified atom stereocenters. The minimum absolute atomic E-state index is 0. The summed E-state index contributed by atoms with van der Waals surface area (Å²) in [5.41, 5.74) is 8.10. The minimum atomic E-state index is -1.44. The fourth-order valence-corrected chi connectivity index (χ4v) is 15.1. The van der Waals surface area contributed by atoms with E-state index in [1.807, 2.05) is 13.0 Å². The molecule has 699 valence electrons. The van der Waals surface area contributed by atoms with Gasteiger partial charge in [0.05, 0.1) is 69.3 Å². The Kier molecular flexibility index (Phi) is 61.5. The molecule has 29 nitrogen and oxygen atoms in total. The number of rotatable bonds is 19. The van der Waals surface area contributed by atoms with Gasteiger partial charge in [-0.25, -0.2) is 49.8 Å². The molecule has 2 aliphatic heterocycles. The second-order valence-electron chi connectivity index (χ2n) is 28.3. The first-order valence-corrected chi connectivity index (χ1v) is 46.0. The molecule has 0 aromatic carbocycles. The summed E-state index contributed by atoms with van der Waals surface area (Å²) in [4.78, 5) is 96.2. The van der Waals surface area contributed by atoms with Crippen LogP contribution in [0.4, 0.5) is 11.6 Å². The van der Waals surface area contributed by atoms with E-state index in [0.29, 0.717) is 98.9 Å². The number of unbranched alkanes of at least 4 members (excludes halogenated alkanes) is 1. The van der Waals surface area contributed by atoms with Crippen LogP contribution in [0.1, 0.15) is 243 Å². The molecule has 10 aromatic heterocycles. The van der Waals surface area contributed by atoms with E-state index < -0.39 is 20.9 Å². The molecule has 10 atom stereocenters. The number of aromatic nitrogens is 10. The van der Waals surface area contributed by atoms with E-state index >= 15 is 0 Å². The van der Waals surface area contributed by atoms with Crippen molar-refractivity contribution in [3.05, 3.63) is 250 Å². The maximum Gasteiger partial charge on any atom is 0 e. The number of hydrogen-bond acceptors (Lipinski definition) is 29. The fraction of sp³-hybridized carbons (Fsp3) is 0.420. The van der Waals surface area contributed by atoms with Crippen LogP contribution in [0, 0.1) is 53.4 Å². The maximum atomic E-state index is 13.0. The van der Waals surface area contributed by atoms with Crippen LogP contribution in [-0.4, -0.2) is 122 Å². The third-order valence-corrected chi connectivity index (χ3v) is 23.1. The number of carbonyl (C=O) groups excluding carboxylic acids is 5. The van der Waals surface area contributed by atoms with Crippen molar-refractivity contribution in [3.8, 4) is 0 Å². The average Bonchev–Trinajstić information content (AvgIpc) is 1.69. The maximum absolute atomic E-state index is 13.0. The van der Waals surface area contributed by atoms with E-state index in [4.69, 9.17) is 79.8 Å². The molecule has 0 amide bonds. The molecule has 5 aliphatic rings. The van der Waals surface area contributed by atoms with Crippen molar-refractivity contribution < 1.29 is 129 Å². The molecular formula is C88H111Br4Cl3ILiMnN13O16Pd-. The number of furan rings is 5. The molecule has 0 spiro atoms. The second-order valence-corrected chi connectivity index (χ2v) is 34.4. The third kappa shape index (κ3) is 42.1. The van der Waals surface area contributed by atoms with Crippen molar-refractivity contribution >= 4 is 168 Å². The van der Waals surface area contributed by atoms with E-state index in [2.05, 4.69) is 213 Å². The number of esters is 1. The van der Waals surface area contributed by atoms with E-state index in [-0.39, 0.29) is 112 Å². The van der Waals surface area contributed by atoms with Crippen molar-refractivity contribution in [2.45, 2.75) is 184 Å². The molecule has 3 saturated carbocycles. The van der Waals surface area contributed by atoms with Crippen molar-refractivity contribution in [1.29, 1.82) is 0 Å². The Morgan fingerprint density at radius 3 is 1.37 bits per heavy atom. The molecule has 10 aromatic rings. The summed E-state index contributed by atoms with van der Waals surface area (Å²) in [6, 6.07) is 9.39.